The molecule has 0 saturated carbocycles. The molecule has 0 aliphatic heterocycles. The molecule has 3 rings (SSSR count). The second-order valence-electron chi connectivity index (χ2n) is 5.11. The number of ether oxygens (including phenoxy) is 2. The Bertz CT molecular complexity index is 887. The molecule has 4 nitrogen and oxygen atoms in total. The van der Waals surface area contributed by atoms with Gasteiger partial charge in [0.05, 0.1) is 11.1 Å². The Labute approximate surface area is 139 Å². The number of ketones is 2. The number of hydrogen-bond acceptors (Lipinski definition) is 4. The van der Waals surface area contributed by atoms with Crippen molar-refractivity contribution < 1.29 is 19.1 Å². The van der Waals surface area contributed by atoms with Gasteiger partial charge in [-0.2, -0.15) is 0 Å². The first-order valence-electron chi connectivity index (χ1n) is 7.34. The minimum atomic E-state index is -0.281. The van der Waals surface area contributed by atoms with Gasteiger partial charge in [-0.1, -0.05) is 42.8 Å². The van der Waals surface area contributed by atoms with E-state index in [4.69, 9.17) is 15.9 Å². The van der Waals surface area contributed by atoms with Crippen LogP contribution in [0, 0.1) is 12.3 Å². The average Bonchev–Trinajstić information content (AvgIpc) is 2.62. The molecule has 0 aromatic heterocycles. The molecule has 1 aliphatic rings. The highest BCUT2D eigenvalue weighted by Gasteiger charge is 2.35. The number of carbonyl (C=O) groups excluding carboxylic acids is 2. The zero-order valence-corrected chi connectivity index (χ0v) is 12.9. The molecule has 0 saturated heterocycles. The van der Waals surface area contributed by atoms with Gasteiger partial charge in [0.15, 0.2) is 11.6 Å². The smallest absolute Gasteiger partial charge is 0.198 e. The Kier molecular flexibility index (Phi) is 4.17. The van der Waals surface area contributed by atoms with Crippen molar-refractivity contribution in [3.05, 3.63) is 71.3 Å². The summed E-state index contributed by atoms with van der Waals surface area (Å²) >= 11 is 0. The van der Waals surface area contributed by atoms with Crippen molar-refractivity contribution in [2.24, 2.45) is 0 Å². The Hall–Kier alpha value is -3.32. The van der Waals surface area contributed by atoms with Crippen LogP contribution in [0.3, 0.4) is 0 Å². The van der Waals surface area contributed by atoms with Gasteiger partial charge in [0.25, 0.3) is 0 Å². The third-order valence-corrected chi connectivity index (χ3v) is 3.67. The van der Waals surface area contributed by atoms with Crippen LogP contribution in [0.5, 0.6) is 11.5 Å². The van der Waals surface area contributed by atoms with Crippen molar-refractivity contribution in [1.29, 1.82) is 0 Å². The van der Waals surface area contributed by atoms with E-state index in [1.165, 1.54) is 0 Å². The molecule has 0 fully saturated rings. The van der Waals surface area contributed by atoms with Gasteiger partial charge in [0.2, 0.25) is 0 Å². The third-order valence-electron chi connectivity index (χ3n) is 3.67. The fourth-order valence-corrected chi connectivity index (χ4v) is 2.67. The number of benzene rings is 2. The molecule has 24 heavy (non-hydrogen) atoms. The van der Waals surface area contributed by atoms with Gasteiger partial charge >= 0.3 is 0 Å². The van der Waals surface area contributed by atoms with Crippen LogP contribution in [0.2, 0.25) is 0 Å². The Morgan fingerprint density at radius 3 is 2.00 bits per heavy atom. The molecule has 1 aliphatic carbocycles. The van der Waals surface area contributed by atoms with Gasteiger partial charge < -0.3 is 9.47 Å². The van der Waals surface area contributed by atoms with Gasteiger partial charge in [0, 0.05) is 11.1 Å². The topological polar surface area (TPSA) is 52.6 Å². The lowest BCUT2D eigenvalue weighted by Gasteiger charge is -2.22. The highest BCUT2D eigenvalue weighted by molar-refractivity contribution is 6.30. The maximum atomic E-state index is 12.9. The van der Waals surface area contributed by atoms with E-state index in [1.54, 1.807) is 42.5 Å². The van der Waals surface area contributed by atoms with Gasteiger partial charge in [-0.05, 0) is 12.1 Å². The lowest BCUT2D eigenvalue weighted by molar-refractivity contribution is 0.0973. The molecule has 118 valence electrons. The van der Waals surface area contributed by atoms with E-state index in [2.05, 4.69) is 12.5 Å². The molecule has 0 amide bonds. The molecule has 0 bridgehead atoms. The number of hydrogen-bond donors (Lipinski definition) is 0. The second kappa shape index (κ2) is 6.43. The molecule has 0 N–H and O–H groups in total. The molecule has 0 radical (unpaired) electrons. The van der Waals surface area contributed by atoms with E-state index in [9.17, 15) is 9.59 Å². The minimum absolute atomic E-state index is 0.00240. The zero-order chi connectivity index (χ0) is 17.1. The Morgan fingerprint density at radius 2 is 1.50 bits per heavy atom. The van der Waals surface area contributed by atoms with E-state index in [0.717, 1.165) is 0 Å². The van der Waals surface area contributed by atoms with Crippen LogP contribution in [0.25, 0.3) is 0 Å². The number of rotatable bonds is 5. The predicted octanol–water partition coefficient (Wildman–Crippen LogP) is 3.04. The quantitative estimate of drug-likeness (QED) is 0.536. The van der Waals surface area contributed by atoms with Gasteiger partial charge in [0.1, 0.15) is 24.7 Å². The molecule has 4 heteroatoms. The summed E-state index contributed by atoms with van der Waals surface area (Å²) in [7, 11) is 0. The highest BCUT2D eigenvalue weighted by Crippen LogP contribution is 2.38. The van der Waals surface area contributed by atoms with Crippen LogP contribution in [0.1, 0.15) is 31.8 Å². The molecule has 2 aromatic carbocycles. The lowest BCUT2D eigenvalue weighted by Crippen LogP contribution is -2.23. The van der Waals surface area contributed by atoms with E-state index < -0.39 is 0 Å². The number of fused-ring (bicyclic) bond motifs is 2. The first-order chi connectivity index (χ1) is 11.7. The summed E-state index contributed by atoms with van der Waals surface area (Å²) in [5, 5.41) is 0. The number of carbonyl (C=O) groups is 2. The summed E-state index contributed by atoms with van der Waals surface area (Å²) in [6, 6.07) is 9.89. The summed E-state index contributed by atoms with van der Waals surface area (Å²) in [6.07, 6.45) is 6.79. The van der Waals surface area contributed by atoms with Crippen LogP contribution >= 0.6 is 0 Å². The summed E-state index contributed by atoms with van der Waals surface area (Å²) in [5.41, 5.74) is 1.10. The molecule has 0 spiro atoms. The fraction of sp³-hybridized carbons (Fsp3) is 0.100. The van der Waals surface area contributed by atoms with Crippen molar-refractivity contribution in [3.63, 3.8) is 0 Å². The largest absolute Gasteiger partial charge is 0.489 e. The molecular formula is C20H14O4. The van der Waals surface area contributed by atoms with E-state index in [1.807, 2.05) is 0 Å². The molecule has 0 unspecified atom stereocenters. The van der Waals surface area contributed by atoms with Crippen LogP contribution in [-0.2, 0) is 0 Å². The first-order valence-corrected chi connectivity index (χ1v) is 7.34. The normalized spacial score (nSPS) is 12.0. The highest BCUT2D eigenvalue weighted by atomic mass is 16.5. The predicted molar refractivity (Wildman–Crippen MR) is 89.8 cm³/mol. The maximum Gasteiger partial charge on any atom is 0.198 e. The van der Waals surface area contributed by atoms with Crippen LogP contribution in [-0.4, -0.2) is 24.8 Å². The van der Waals surface area contributed by atoms with Crippen LogP contribution in [0.15, 0.2) is 49.1 Å². The Morgan fingerprint density at radius 1 is 0.958 bits per heavy atom. The third kappa shape index (κ3) is 2.46. The Balaban J connectivity index is 2.22. The molecule has 0 heterocycles. The first kappa shape index (κ1) is 15.6. The lowest BCUT2D eigenvalue weighted by atomic mass is 9.83. The molecular weight excluding hydrogens is 304 g/mol. The van der Waals surface area contributed by atoms with Crippen molar-refractivity contribution >= 4 is 11.6 Å². The maximum absolute atomic E-state index is 12.9. The van der Waals surface area contributed by atoms with Gasteiger partial charge in [-0.15, -0.1) is 6.42 Å². The van der Waals surface area contributed by atoms with Crippen molar-refractivity contribution in [3.8, 4) is 23.8 Å². The summed E-state index contributed by atoms with van der Waals surface area (Å²) in [6.45, 7) is 3.82. The van der Waals surface area contributed by atoms with Crippen molar-refractivity contribution in [1.82, 2.24) is 0 Å². The van der Waals surface area contributed by atoms with E-state index >= 15 is 0 Å². The SMILES string of the molecule is C#CCOc1ccc(OCC=C)c2c1C(=O)c1ccccc1C2=O. The monoisotopic (exact) mass is 318 g/mol. The van der Waals surface area contributed by atoms with Crippen LogP contribution in [0.4, 0.5) is 0 Å². The van der Waals surface area contributed by atoms with E-state index in [-0.39, 0.29) is 41.7 Å². The average molecular weight is 318 g/mol. The zero-order valence-electron chi connectivity index (χ0n) is 12.9. The minimum Gasteiger partial charge on any atom is -0.489 e. The van der Waals surface area contributed by atoms with Gasteiger partial charge in [-0.3, -0.25) is 9.59 Å². The standard InChI is InChI=1S/C20H14O4/c1-3-11-23-15-9-10-16(24-12-4-2)18-17(15)19(21)13-7-5-6-8-14(13)20(18)22/h1,4-10H,2,11-12H2. The van der Waals surface area contributed by atoms with Crippen molar-refractivity contribution in [2.75, 3.05) is 13.2 Å². The van der Waals surface area contributed by atoms with Gasteiger partial charge in [-0.25, -0.2) is 0 Å². The summed E-state index contributed by atoms with van der Waals surface area (Å²) < 4.78 is 11.0. The van der Waals surface area contributed by atoms with Crippen molar-refractivity contribution in [2.45, 2.75) is 0 Å². The van der Waals surface area contributed by atoms with Crippen LogP contribution < -0.4 is 9.47 Å². The number of terminal acetylenes is 1. The van der Waals surface area contributed by atoms with E-state index in [0.29, 0.717) is 16.9 Å². The summed E-state index contributed by atoms with van der Waals surface area (Å²) in [5.74, 6) is 2.40. The second-order valence-corrected chi connectivity index (χ2v) is 5.11. The molecule has 2 aromatic rings. The summed E-state index contributed by atoms with van der Waals surface area (Å²) in [4.78, 5) is 25.8. The molecule has 0 atom stereocenters. The fourth-order valence-electron chi connectivity index (χ4n) is 2.67.